The van der Waals surface area contributed by atoms with Crippen LogP contribution in [0.3, 0.4) is 0 Å². The number of carbonyl (C=O) groups is 5. The number of hydrogen-bond acceptors (Lipinski definition) is 13. The minimum absolute atomic E-state index is 0.208. The molecule has 1 saturated heterocycles. The third-order valence-electron chi connectivity index (χ3n) is 4.67. The van der Waals surface area contributed by atoms with Crippen LogP contribution in [0.25, 0.3) is 6.08 Å². The second-order valence-electron chi connectivity index (χ2n) is 7.37. The van der Waals surface area contributed by atoms with Crippen molar-refractivity contribution in [2.45, 2.75) is 51.5 Å². The first-order valence-corrected chi connectivity index (χ1v) is 10.5. The summed E-state index contributed by atoms with van der Waals surface area (Å²) >= 11 is 0. The van der Waals surface area contributed by atoms with Crippen molar-refractivity contribution in [3.63, 3.8) is 0 Å². The zero-order valence-corrected chi connectivity index (χ0v) is 20.1. The summed E-state index contributed by atoms with van der Waals surface area (Å²) in [5, 5.41) is 10.3. The van der Waals surface area contributed by atoms with Crippen LogP contribution in [0.2, 0.25) is 0 Å². The fourth-order valence-corrected chi connectivity index (χ4v) is 3.26. The summed E-state index contributed by atoms with van der Waals surface area (Å²) in [7, 11) is 2.25. The van der Waals surface area contributed by atoms with E-state index in [-0.39, 0.29) is 11.5 Å². The number of phenols is 1. The van der Waals surface area contributed by atoms with E-state index >= 15 is 0 Å². The molecule has 36 heavy (non-hydrogen) atoms. The van der Waals surface area contributed by atoms with Crippen molar-refractivity contribution in [3.8, 4) is 11.5 Å². The zero-order valence-electron chi connectivity index (χ0n) is 20.1. The number of hydrogen-bond donors (Lipinski definition) is 1. The highest BCUT2D eigenvalue weighted by Gasteiger charge is 2.56. The third kappa shape index (κ3) is 7.43. The summed E-state index contributed by atoms with van der Waals surface area (Å²) in [5.41, 5.74) is 0.395. The number of rotatable bonds is 8. The van der Waals surface area contributed by atoms with Crippen LogP contribution in [0.4, 0.5) is 0 Å². The zero-order chi connectivity index (χ0) is 27.0. The molecule has 1 heterocycles. The van der Waals surface area contributed by atoms with Gasteiger partial charge in [-0.25, -0.2) is 9.59 Å². The van der Waals surface area contributed by atoms with E-state index in [1.54, 1.807) is 0 Å². The molecule has 0 bridgehead atoms. The van der Waals surface area contributed by atoms with E-state index in [4.69, 9.17) is 28.4 Å². The van der Waals surface area contributed by atoms with E-state index in [1.165, 1.54) is 31.4 Å². The average Bonchev–Trinajstić information content (AvgIpc) is 2.81. The van der Waals surface area contributed by atoms with Gasteiger partial charge in [0.25, 0.3) is 0 Å². The highest BCUT2D eigenvalue weighted by atomic mass is 16.7. The van der Waals surface area contributed by atoms with Gasteiger partial charge in [0, 0.05) is 26.8 Å². The number of aromatic hydroxyl groups is 1. The maximum Gasteiger partial charge on any atom is 0.339 e. The molecule has 0 amide bonds. The maximum absolute atomic E-state index is 12.5. The Kier molecular flexibility index (Phi) is 9.79. The lowest BCUT2D eigenvalue weighted by molar-refractivity contribution is -0.282. The second-order valence-corrected chi connectivity index (χ2v) is 7.37. The lowest BCUT2D eigenvalue weighted by Crippen LogP contribution is -2.64. The molecule has 13 nitrogen and oxygen atoms in total. The Labute approximate surface area is 205 Å². The predicted octanol–water partition coefficient (Wildman–Crippen LogP) is 0.650. The van der Waals surface area contributed by atoms with Crippen molar-refractivity contribution < 1.29 is 62.2 Å². The summed E-state index contributed by atoms with van der Waals surface area (Å²) in [6.45, 7) is 3.16. The smallest absolute Gasteiger partial charge is 0.339 e. The Hall–Kier alpha value is -4.13. The van der Waals surface area contributed by atoms with Crippen LogP contribution in [0.15, 0.2) is 24.3 Å². The number of phenolic OH excluding ortho intramolecular Hbond substituents is 1. The molecule has 1 N–H and O–H groups in total. The van der Waals surface area contributed by atoms with Crippen molar-refractivity contribution in [1.82, 2.24) is 0 Å². The van der Waals surface area contributed by atoms with Gasteiger partial charge < -0.3 is 38.3 Å². The normalized spacial score (nSPS) is 23.3. The molecular weight excluding hydrogens is 484 g/mol. The van der Waals surface area contributed by atoms with Gasteiger partial charge in [-0.3, -0.25) is 14.4 Å². The van der Waals surface area contributed by atoms with Crippen LogP contribution in [0.5, 0.6) is 11.5 Å². The minimum Gasteiger partial charge on any atom is -0.504 e. The molecule has 0 spiro atoms. The molecule has 0 aromatic heterocycles. The third-order valence-corrected chi connectivity index (χ3v) is 4.67. The van der Waals surface area contributed by atoms with Crippen molar-refractivity contribution in [3.05, 3.63) is 29.8 Å². The summed E-state index contributed by atoms with van der Waals surface area (Å²) in [6, 6.07) is 4.02. The van der Waals surface area contributed by atoms with Gasteiger partial charge in [-0.05, 0) is 23.8 Å². The molecule has 1 aromatic carbocycles. The van der Waals surface area contributed by atoms with E-state index < -0.39 is 60.6 Å². The molecule has 0 saturated carbocycles. The summed E-state index contributed by atoms with van der Waals surface area (Å²) < 4.78 is 36.3. The Balaban J connectivity index is 2.53. The quantitative estimate of drug-likeness (QED) is 0.294. The molecule has 13 heteroatoms. The fourth-order valence-electron chi connectivity index (χ4n) is 3.26. The Bertz CT molecular complexity index is 1030. The fraction of sp³-hybridized carbons (Fsp3) is 0.435. The molecular formula is C23H26O13. The Morgan fingerprint density at radius 3 is 2.00 bits per heavy atom. The molecule has 0 aliphatic carbocycles. The lowest BCUT2D eigenvalue weighted by atomic mass is 9.97. The number of methoxy groups -OCH3 is 2. The molecule has 0 unspecified atom stereocenters. The van der Waals surface area contributed by atoms with Gasteiger partial charge in [0.2, 0.25) is 12.4 Å². The molecule has 2 rings (SSSR count). The van der Waals surface area contributed by atoms with Crippen molar-refractivity contribution in [2.75, 3.05) is 14.2 Å². The molecule has 0 radical (unpaired) electrons. The van der Waals surface area contributed by atoms with Gasteiger partial charge in [-0.15, -0.1) is 0 Å². The average molecular weight is 510 g/mol. The Morgan fingerprint density at radius 2 is 1.44 bits per heavy atom. The molecule has 1 aromatic rings. The van der Waals surface area contributed by atoms with Crippen LogP contribution in [0.1, 0.15) is 26.3 Å². The van der Waals surface area contributed by atoms with Crippen LogP contribution in [-0.2, 0) is 52.4 Å². The lowest BCUT2D eigenvalue weighted by Gasteiger charge is -2.43. The number of esters is 5. The van der Waals surface area contributed by atoms with Crippen LogP contribution < -0.4 is 4.74 Å². The van der Waals surface area contributed by atoms with E-state index in [0.29, 0.717) is 5.56 Å². The largest absolute Gasteiger partial charge is 0.504 e. The monoisotopic (exact) mass is 510 g/mol. The topological polar surface area (TPSA) is 170 Å². The summed E-state index contributed by atoms with van der Waals surface area (Å²) in [5.74, 6) is -4.76. The number of ether oxygens (including phenoxy) is 7. The first kappa shape index (κ1) is 28.1. The van der Waals surface area contributed by atoms with Crippen LogP contribution >= 0.6 is 0 Å². The van der Waals surface area contributed by atoms with Crippen molar-refractivity contribution in [2.24, 2.45) is 0 Å². The molecule has 1 aliphatic rings. The van der Waals surface area contributed by atoms with Crippen molar-refractivity contribution in [1.29, 1.82) is 0 Å². The minimum atomic E-state index is -1.66. The van der Waals surface area contributed by atoms with Crippen LogP contribution in [0, 0.1) is 0 Å². The predicted molar refractivity (Wildman–Crippen MR) is 117 cm³/mol. The van der Waals surface area contributed by atoms with E-state index in [1.807, 2.05) is 0 Å². The number of benzene rings is 1. The SMILES string of the molecule is COC(=O)/C=C/c1ccc(O)c(O[C@@H]2O[C@H](C(=O)OC)[C@@H](OC(C)=O)[C@H](OC(C)=O)[C@H]2OC(C)=O)c1. The van der Waals surface area contributed by atoms with Gasteiger partial charge in [0.15, 0.2) is 29.8 Å². The van der Waals surface area contributed by atoms with Crippen molar-refractivity contribution >= 4 is 35.9 Å². The van der Waals surface area contributed by atoms with Gasteiger partial charge in [-0.2, -0.15) is 0 Å². The van der Waals surface area contributed by atoms with E-state index in [0.717, 1.165) is 34.0 Å². The highest BCUT2D eigenvalue weighted by molar-refractivity contribution is 5.87. The van der Waals surface area contributed by atoms with E-state index in [2.05, 4.69) is 4.74 Å². The molecule has 5 atom stereocenters. The summed E-state index contributed by atoms with van der Waals surface area (Å²) in [4.78, 5) is 59.3. The van der Waals surface area contributed by atoms with Gasteiger partial charge in [-0.1, -0.05) is 6.07 Å². The first-order valence-electron chi connectivity index (χ1n) is 10.5. The molecule has 196 valence electrons. The second kappa shape index (κ2) is 12.5. The first-order chi connectivity index (χ1) is 17.0. The molecule has 1 fully saturated rings. The Morgan fingerprint density at radius 1 is 0.861 bits per heavy atom. The van der Waals surface area contributed by atoms with Gasteiger partial charge >= 0.3 is 29.8 Å². The van der Waals surface area contributed by atoms with Crippen LogP contribution in [-0.4, -0.2) is 79.9 Å². The summed E-state index contributed by atoms with van der Waals surface area (Å²) in [6.07, 6.45) is -5.48. The highest BCUT2D eigenvalue weighted by Crippen LogP contribution is 2.34. The van der Waals surface area contributed by atoms with Gasteiger partial charge in [0.1, 0.15) is 0 Å². The van der Waals surface area contributed by atoms with Gasteiger partial charge in [0.05, 0.1) is 14.2 Å². The molecule has 1 aliphatic heterocycles. The maximum atomic E-state index is 12.5. The standard InChI is InChI=1S/C23H26O13/c1-11(24)32-18-19(33-12(2)25)21(34-13(3)26)23(36-20(18)22(29)31-5)35-16-10-14(6-8-15(16)27)7-9-17(28)30-4/h6-10,18-21,23,27H,1-5H3/b9-7+/t18-,19-,20-,21+,23+/m0/s1. The number of carbonyl (C=O) groups excluding carboxylic acids is 5. The van der Waals surface area contributed by atoms with E-state index in [9.17, 15) is 29.1 Å².